The van der Waals surface area contributed by atoms with E-state index in [9.17, 15) is 0 Å². The summed E-state index contributed by atoms with van der Waals surface area (Å²) >= 11 is 0. The first-order valence-electron chi connectivity index (χ1n) is 12.5. The van der Waals surface area contributed by atoms with E-state index in [0.717, 1.165) is 46.1 Å². The molecule has 0 fully saturated rings. The Hall–Kier alpha value is -4.57. The molecular formula is C33H28N2O2. The Balaban J connectivity index is 1.55. The van der Waals surface area contributed by atoms with E-state index in [1.807, 2.05) is 24.3 Å². The molecule has 0 aliphatic carbocycles. The minimum absolute atomic E-state index is 0.827. The van der Waals surface area contributed by atoms with Gasteiger partial charge >= 0.3 is 0 Å². The Morgan fingerprint density at radius 3 is 1.68 bits per heavy atom. The van der Waals surface area contributed by atoms with E-state index in [4.69, 9.17) is 14.5 Å². The average Bonchev–Trinajstić information content (AvgIpc) is 3.30. The van der Waals surface area contributed by atoms with Gasteiger partial charge < -0.3 is 14.0 Å². The van der Waals surface area contributed by atoms with Gasteiger partial charge in [0.05, 0.1) is 25.6 Å². The summed E-state index contributed by atoms with van der Waals surface area (Å²) in [4.78, 5) is 5.05. The molecule has 4 heteroatoms. The van der Waals surface area contributed by atoms with Crippen molar-refractivity contribution in [2.45, 2.75) is 13.5 Å². The van der Waals surface area contributed by atoms with Crippen molar-refractivity contribution in [1.82, 2.24) is 9.55 Å². The van der Waals surface area contributed by atoms with Crippen LogP contribution in [0.25, 0.3) is 55.4 Å². The van der Waals surface area contributed by atoms with Gasteiger partial charge in [-0.15, -0.1) is 0 Å². The van der Waals surface area contributed by atoms with Crippen molar-refractivity contribution in [2.75, 3.05) is 14.2 Å². The number of benzene rings is 4. The number of para-hydroxylation sites is 1. The topological polar surface area (TPSA) is 36.3 Å². The second-order valence-corrected chi connectivity index (χ2v) is 9.08. The smallest absolute Gasteiger partial charge is 0.118 e. The summed E-state index contributed by atoms with van der Waals surface area (Å²) in [6, 6.07) is 35.9. The van der Waals surface area contributed by atoms with Gasteiger partial charge in [-0.05, 0) is 96.9 Å². The first-order chi connectivity index (χ1) is 18.2. The third kappa shape index (κ3) is 4.11. The second-order valence-electron chi connectivity index (χ2n) is 9.08. The van der Waals surface area contributed by atoms with Gasteiger partial charge in [0, 0.05) is 39.5 Å². The van der Waals surface area contributed by atoms with Crippen LogP contribution in [-0.2, 0) is 6.54 Å². The lowest BCUT2D eigenvalue weighted by Gasteiger charge is -2.12. The monoisotopic (exact) mass is 484 g/mol. The fraction of sp³-hybridized carbons (Fsp3) is 0.121. The molecular weight excluding hydrogens is 456 g/mol. The third-order valence-corrected chi connectivity index (χ3v) is 7.02. The van der Waals surface area contributed by atoms with Crippen LogP contribution in [0.15, 0.2) is 103 Å². The number of hydrogen-bond donors (Lipinski definition) is 0. The average molecular weight is 485 g/mol. The molecule has 0 atom stereocenters. The fourth-order valence-corrected chi connectivity index (χ4v) is 5.09. The van der Waals surface area contributed by atoms with Crippen LogP contribution in [0.1, 0.15) is 6.92 Å². The summed E-state index contributed by atoms with van der Waals surface area (Å²) in [5, 5.41) is 2.55. The van der Waals surface area contributed by atoms with Gasteiger partial charge in [0.25, 0.3) is 0 Å². The quantitative estimate of drug-likeness (QED) is 0.239. The molecule has 0 unspecified atom stereocenters. The van der Waals surface area contributed by atoms with E-state index in [1.54, 1.807) is 14.2 Å². The summed E-state index contributed by atoms with van der Waals surface area (Å²) in [7, 11) is 3.36. The SMILES string of the molecule is CCn1c2ccccc2c2cc(-c3cc(-c4ccc(OC)cc4)nc(-c4ccc(OC)cc4)c3)ccc21. The molecule has 37 heavy (non-hydrogen) atoms. The van der Waals surface area contributed by atoms with Gasteiger partial charge in [-0.2, -0.15) is 0 Å². The van der Waals surface area contributed by atoms with Crippen molar-refractivity contribution in [2.24, 2.45) is 0 Å². The van der Waals surface area contributed by atoms with E-state index in [2.05, 4.69) is 90.4 Å². The highest BCUT2D eigenvalue weighted by atomic mass is 16.5. The summed E-state index contributed by atoms with van der Waals surface area (Å²) < 4.78 is 13.1. The molecule has 2 aromatic heterocycles. The van der Waals surface area contributed by atoms with E-state index >= 15 is 0 Å². The van der Waals surface area contributed by atoms with Crippen molar-refractivity contribution in [3.8, 4) is 45.1 Å². The van der Waals surface area contributed by atoms with Gasteiger partial charge in [-0.1, -0.05) is 24.3 Å². The Bertz CT molecular complexity index is 1650. The lowest BCUT2D eigenvalue weighted by molar-refractivity contribution is 0.415. The molecule has 0 amide bonds. The van der Waals surface area contributed by atoms with Gasteiger partial charge in [0.15, 0.2) is 0 Å². The minimum Gasteiger partial charge on any atom is -0.497 e. The van der Waals surface area contributed by atoms with Crippen molar-refractivity contribution in [3.05, 3.63) is 103 Å². The summed E-state index contributed by atoms with van der Waals surface area (Å²) in [6.45, 7) is 3.13. The summed E-state index contributed by atoms with van der Waals surface area (Å²) in [5.74, 6) is 1.65. The number of nitrogens with zero attached hydrogens (tertiary/aromatic N) is 2. The zero-order valence-corrected chi connectivity index (χ0v) is 21.2. The Morgan fingerprint density at radius 1 is 0.568 bits per heavy atom. The number of aryl methyl sites for hydroxylation is 1. The molecule has 6 rings (SSSR count). The lowest BCUT2D eigenvalue weighted by Crippen LogP contribution is -1.93. The zero-order valence-electron chi connectivity index (χ0n) is 21.2. The molecule has 4 nitrogen and oxygen atoms in total. The van der Waals surface area contributed by atoms with Crippen LogP contribution in [0.3, 0.4) is 0 Å². The number of aromatic nitrogens is 2. The molecule has 0 spiro atoms. The Morgan fingerprint density at radius 2 is 1.11 bits per heavy atom. The van der Waals surface area contributed by atoms with E-state index in [-0.39, 0.29) is 0 Å². The highest BCUT2D eigenvalue weighted by Crippen LogP contribution is 2.35. The number of rotatable bonds is 6. The second kappa shape index (κ2) is 9.47. The van der Waals surface area contributed by atoms with Crippen LogP contribution >= 0.6 is 0 Å². The van der Waals surface area contributed by atoms with Crippen LogP contribution in [0.5, 0.6) is 11.5 Å². The van der Waals surface area contributed by atoms with Crippen LogP contribution in [-0.4, -0.2) is 23.8 Å². The molecule has 0 saturated heterocycles. The number of hydrogen-bond acceptors (Lipinski definition) is 3. The molecule has 0 N–H and O–H groups in total. The molecule has 4 aromatic carbocycles. The van der Waals surface area contributed by atoms with E-state index in [1.165, 1.54) is 27.4 Å². The van der Waals surface area contributed by atoms with Gasteiger partial charge in [0.2, 0.25) is 0 Å². The van der Waals surface area contributed by atoms with Crippen molar-refractivity contribution in [1.29, 1.82) is 0 Å². The van der Waals surface area contributed by atoms with Gasteiger partial charge in [-0.3, -0.25) is 0 Å². The molecule has 2 heterocycles. The van der Waals surface area contributed by atoms with Crippen LogP contribution in [0, 0.1) is 0 Å². The molecule has 0 radical (unpaired) electrons. The maximum absolute atomic E-state index is 5.37. The predicted molar refractivity (Wildman–Crippen MR) is 152 cm³/mol. The molecule has 182 valence electrons. The van der Waals surface area contributed by atoms with Crippen LogP contribution < -0.4 is 9.47 Å². The molecule has 6 aromatic rings. The molecule has 0 bridgehead atoms. The first-order valence-corrected chi connectivity index (χ1v) is 12.5. The predicted octanol–water partition coefficient (Wildman–Crippen LogP) is 8.23. The van der Waals surface area contributed by atoms with Crippen molar-refractivity contribution < 1.29 is 9.47 Å². The number of methoxy groups -OCH3 is 2. The number of fused-ring (bicyclic) bond motifs is 3. The van der Waals surface area contributed by atoms with Crippen LogP contribution in [0.2, 0.25) is 0 Å². The van der Waals surface area contributed by atoms with Crippen molar-refractivity contribution in [3.63, 3.8) is 0 Å². The summed E-state index contributed by atoms with van der Waals surface area (Å²) in [5.41, 5.74) is 8.74. The normalized spacial score (nSPS) is 11.2. The van der Waals surface area contributed by atoms with E-state index < -0.39 is 0 Å². The van der Waals surface area contributed by atoms with Gasteiger partial charge in [-0.25, -0.2) is 4.98 Å². The zero-order chi connectivity index (χ0) is 25.4. The van der Waals surface area contributed by atoms with Crippen molar-refractivity contribution >= 4 is 21.8 Å². The summed E-state index contributed by atoms with van der Waals surface area (Å²) in [6.07, 6.45) is 0. The number of pyridine rings is 1. The van der Waals surface area contributed by atoms with Crippen LogP contribution in [0.4, 0.5) is 0 Å². The fourth-order valence-electron chi connectivity index (χ4n) is 5.09. The highest BCUT2D eigenvalue weighted by Gasteiger charge is 2.13. The Kier molecular flexibility index (Phi) is 5.85. The Labute approximate surface area is 216 Å². The largest absolute Gasteiger partial charge is 0.497 e. The molecule has 0 aliphatic heterocycles. The first kappa shape index (κ1) is 22.9. The van der Waals surface area contributed by atoms with Gasteiger partial charge in [0.1, 0.15) is 11.5 Å². The molecule has 0 aliphatic rings. The maximum atomic E-state index is 5.37. The van der Waals surface area contributed by atoms with E-state index in [0.29, 0.717) is 0 Å². The maximum Gasteiger partial charge on any atom is 0.118 e. The standard InChI is InChI=1S/C33H28N2O2/c1-4-35-32-8-6-5-7-28(32)29-19-24(13-18-33(29)35)25-20-30(22-9-14-26(36-2)15-10-22)34-31(21-25)23-11-16-27(37-3)17-12-23/h5-21H,4H2,1-3H3. The number of ether oxygens (including phenoxy) is 2. The molecule has 0 saturated carbocycles. The minimum atomic E-state index is 0.827. The highest BCUT2D eigenvalue weighted by molar-refractivity contribution is 6.09. The lowest BCUT2D eigenvalue weighted by atomic mass is 9.98. The third-order valence-electron chi connectivity index (χ3n) is 7.02.